The van der Waals surface area contributed by atoms with Crippen molar-refractivity contribution in [2.24, 2.45) is 0 Å². The van der Waals surface area contributed by atoms with Crippen molar-refractivity contribution in [1.82, 2.24) is 4.90 Å². The molecule has 1 atom stereocenters. The lowest BCUT2D eigenvalue weighted by Gasteiger charge is -2.34. The normalized spacial score (nSPS) is 23.3. The highest BCUT2D eigenvalue weighted by Crippen LogP contribution is 2.16. The molecule has 0 spiro atoms. The van der Waals surface area contributed by atoms with Gasteiger partial charge in [-0.15, -0.1) is 0 Å². The van der Waals surface area contributed by atoms with Crippen molar-refractivity contribution in [1.29, 1.82) is 0 Å². The van der Waals surface area contributed by atoms with E-state index in [0.717, 1.165) is 6.42 Å². The Kier molecular flexibility index (Phi) is 4.59. The Balaban J connectivity index is 1.98. The van der Waals surface area contributed by atoms with Crippen molar-refractivity contribution in [2.45, 2.75) is 18.9 Å². The van der Waals surface area contributed by atoms with Crippen LogP contribution in [0.25, 0.3) is 0 Å². The Morgan fingerprint density at radius 3 is 2.95 bits per heavy atom. The van der Waals surface area contributed by atoms with Crippen LogP contribution >= 0.6 is 11.3 Å². The minimum absolute atomic E-state index is 0.0388. The van der Waals surface area contributed by atoms with E-state index in [9.17, 15) is 13.2 Å². The quantitative estimate of drug-likeness (QED) is 0.873. The maximum atomic E-state index is 11.6. The number of sulfone groups is 1. The molecular weight excluding hydrogens is 286 g/mol. The molecule has 1 unspecified atom stereocenters. The number of carbonyl (C=O) groups is 1. The number of carboxylic acids is 1. The molecule has 0 amide bonds. The molecule has 1 aromatic rings. The van der Waals surface area contributed by atoms with Crippen LogP contribution in [0.3, 0.4) is 0 Å². The lowest BCUT2D eigenvalue weighted by Crippen LogP contribution is -2.49. The first-order valence-corrected chi connectivity index (χ1v) is 8.90. The third-order valence-electron chi connectivity index (χ3n) is 3.33. The lowest BCUT2D eigenvalue weighted by atomic mass is 10.1. The summed E-state index contributed by atoms with van der Waals surface area (Å²) in [6.45, 7) is 1.15. The topological polar surface area (TPSA) is 74.7 Å². The number of hydrogen-bond donors (Lipinski definition) is 1. The first-order valence-electron chi connectivity index (χ1n) is 6.13. The van der Waals surface area contributed by atoms with Gasteiger partial charge in [0.25, 0.3) is 0 Å². The third-order valence-corrected chi connectivity index (χ3v) is 5.76. The summed E-state index contributed by atoms with van der Waals surface area (Å²) < 4.78 is 23.2. The first-order chi connectivity index (χ1) is 8.96. The van der Waals surface area contributed by atoms with E-state index >= 15 is 0 Å². The number of hydrogen-bond acceptors (Lipinski definition) is 5. The molecule has 19 heavy (non-hydrogen) atoms. The molecule has 106 valence electrons. The van der Waals surface area contributed by atoms with Crippen LogP contribution < -0.4 is 0 Å². The summed E-state index contributed by atoms with van der Waals surface area (Å²) in [6, 6.07) is 1.65. The summed E-state index contributed by atoms with van der Waals surface area (Å²) in [6.07, 6.45) is 0.725. The molecule has 0 saturated carbocycles. The summed E-state index contributed by atoms with van der Waals surface area (Å²) in [4.78, 5) is 12.8. The van der Waals surface area contributed by atoms with Gasteiger partial charge in [-0.25, -0.2) is 8.42 Å². The molecule has 0 aliphatic carbocycles. The van der Waals surface area contributed by atoms with E-state index in [1.165, 1.54) is 5.56 Å². The second-order valence-electron chi connectivity index (χ2n) is 4.78. The highest BCUT2D eigenvalue weighted by molar-refractivity contribution is 7.91. The Morgan fingerprint density at radius 2 is 2.32 bits per heavy atom. The van der Waals surface area contributed by atoms with Gasteiger partial charge in [0.1, 0.15) is 0 Å². The van der Waals surface area contributed by atoms with Crippen molar-refractivity contribution < 1.29 is 18.3 Å². The van der Waals surface area contributed by atoms with Gasteiger partial charge in [-0.05, 0) is 28.8 Å². The van der Waals surface area contributed by atoms with Gasteiger partial charge in [0, 0.05) is 19.1 Å². The fourth-order valence-electron chi connectivity index (χ4n) is 2.31. The molecule has 1 saturated heterocycles. The van der Waals surface area contributed by atoms with Crippen LogP contribution in [0, 0.1) is 0 Å². The van der Waals surface area contributed by atoms with Crippen LogP contribution in [-0.4, -0.2) is 55.0 Å². The largest absolute Gasteiger partial charge is 0.481 e. The van der Waals surface area contributed by atoms with E-state index in [0.29, 0.717) is 13.1 Å². The number of nitrogens with zero attached hydrogens (tertiary/aromatic N) is 1. The second kappa shape index (κ2) is 6.02. The molecule has 1 N–H and O–H groups in total. The summed E-state index contributed by atoms with van der Waals surface area (Å²) in [5, 5.41) is 13.0. The molecule has 7 heteroatoms. The minimum Gasteiger partial charge on any atom is -0.481 e. The highest BCUT2D eigenvalue weighted by Gasteiger charge is 2.32. The highest BCUT2D eigenvalue weighted by atomic mass is 32.2. The van der Waals surface area contributed by atoms with Crippen LogP contribution in [-0.2, 0) is 21.1 Å². The van der Waals surface area contributed by atoms with Crippen molar-refractivity contribution in [3.63, 3.8) is 0 Å². The van der Waals surface area contributed by atoms with Crippen LogP contribution in [0.1, 0.15) is 12.0 Å². The van der Waals surface area contributed by atoms with Gasteiger partial charge in [0.2, 0.25) is 0 Å². The molecule has 1 aliphatic heterocycles. The monoisotopic (exact) mass is 303 g/mol. The van der Waals surface area contributed by atoms with Gasteiger partial charge in [-0.3, -0.25) is 9.69 Å². The minimum atomic E-state index is -3.09. The first kappa shape index (κ1) is 14.5. The van der Waals surface area contributed by atoms with Gasteiger partial charge in [0.05, 0.1) is 17.9 Å². The molecule has 1 fully saturated rings. The number of carboxylic acid groups (broad SMARTS) is 1. The number of aliphatic carboxylic acids is 1. The summed E-state index contributed by atoms with van der Waals surface area (Å²) in [5.74, 6) is -0.849. The fraction of sp³-hybridized carbons (Fsp3) is 0.583. The van der Waals surface area contributed by atoms with Gasteiger partial charge in [-0.1, -0.05) is 0 Å². The van der Waals surface area contributed by atoms with E-state index < -0.39 is 21.8 Å². The van der Waals surface area contributed by atoms with E-state index in [-0.39, 0.29) is 17.9 Å². The van der Waals surface area contributed by atoms with Gasteiger partial charge < -0.3 is 5.11 Å². The Labute approximate surface area is 116 Å². The van der Waals surface area contributed by atoms with Crippen LogP contribution in [0.5, 0.6) is 0 Å². The van der Waals surface area contributed by atoms with Crippen molar-refractivity contribution >= 4 is 27.1 Å². The Morgan fingerprint density at radius 1 is 1.53 bits per heavy atom. The van der Waals surface area contributed by atoms with Gasteiger partial charge in [0.15, 0.2) is 9.84 Å². The molecule has 2 heterocycles. The van der Waals surface area contributed by atoms with Crippen LogP contribution in [0.15, 0.2) is 16.8 Å². The second-order valence-corrected chi connectivity index (χ2v) is 7.79. The summed E-state index contributed by atoms with van der Waals surface area (Å²) in [5.41, 5.74) is 1.22. The molecule has 0 aromatic carbocycles. The standard InChI is InChI=1S/C12H17NO4S2/c14-12(15)7-11-9-19(16,17)6-4-13(11)3-1-10-2-5-18-8-10/h2,5,8,11H,1,3-4,6-7,9H2,(H,14,15). The average molecular weight is 303 g/mol. The molecule has 1 aromatic heterocycles. The summed E-state index contributed by atoms with van der Waals surface area (Å²) in [7, 11) is -3.09. The van der Waals surface area contributed by atoms with Crippen molar-refractivity contribution in [3.8, 4) is 0 Å². The van der Waals surface area contributed by atoms with Crippen molar-refractivity contribution in [3.05, 3.63) is 22.4 Å². The third kappa shape index (κ3) is 4.29. The van der Waals surface area contributed by atoms with E-state index in [2.05, 4.69) is 5.38 Å². The van der Waals surface area contributed by atoms with Crippen molar-refractivity contribution in [2.75, 3.05) is 24.6 Å². The molecule has 2 rings (SSSR count). The zero-order valence-electron chi connectivity index (χ0n) is 10.5. The van der Waals surface area contributed by atoms with Crippen LogP contribution in [0.4, 0.5) is 0 Å². The lowest BCUT2D eigenvalue weighted by molar-refractivity contribution is -0.138. The van der Waals surface area contributed by atoms with Gasteiger partial charge >= 0.3 is 5.97 Å². The van der Waals surface area contributed by atoms with Gasteiger partial charge in [-0.2, -0.15) is 11.3 Å². The van der Waals surface area contributed by atoms with E-state index in [1.807, 2.05) is 16.3 Å². The van der Waals surface area contributed by atoms with E-state index in [4.69, 9.17) is 5.11 Å². The molecular formula is C12H17NO4S2. The van der Waals surface area contributed by atoms with E-state index in [1.54, 1.807) is 11.3 Å². The number of thiophene rings is 1. The molecule has 1 aliphatic rings. The fourth-order valence-corrected chi connectivity index (χ4v) is 4.61. The predicted octanol–water partition coefficient (Wildman–Crippen LogP) is 0.864. The maximum Gasteiger partial charge on any atom is 0.304 e. The average Bonchev–Trinajstić information content (AvgIpc) is 2.79. The zero-order valence-corrected chi connectivity index (χ0v) is 12.1. The predicted molar refractivity (Wildman–Crippen MR) is 74.3 cm³/mol. The molecule has 0 bridgehead atoms. The number of rotatable bonds is 5. The summed E-state index contributed by atoms with van der Waals surface area (Å²) >= 11 is 1.63. The Hall–Kier alpha value is -0.920. The SMILES string of the molecule is O=C(O)CC1CS(=O)(=O)CCN1CCc1ccsc1. The molecule has 5 nitrogen and oxygen atoms in total. The molecule has 0 radical (unpaired) electrons. The smallest absolute Gasteiger partial charge is 0.304 e. The zero-order chi connectivity index (χ0) is 13.9. The maximum absolute atomic E-state index is 11.6. The van der Waals surface area contributed by atoms with Crippen LogP contribution in [0.2, 0.25) is 0 Å². The Bertz CT molecular complexity index is 524.